The van der Waals surface area contributed by atoms with Gasteiger partial charge >= 0.3 is 0 Å². The summed E-state index contributed by atoms with van der Waals surface area (Å²) in [5.41, 5.74) is 1.14. The number of carbonyl (C=O) groups is 2. The highest BCUT2D eigenvalue weighted by Crippen LogP contribution is 2.40. The Kier molecular flexibility index (Phi) is 7.13. The van der Waals surface area contributed by atoms with Crippen molar-refractivity contribution in [3.8, 4) is 5.75 Å². The maximum Gasteiger partial charge on any atom is 0.295 e. The van der Waals surface area contributed by atoms with E-state index in [1.807, 2.05) is 6.92 Å². The quantitative estimate of drug-likeness (QED) is 0.294. The predicted molar refractivity (Wildman–Crippen MR) is 115 cm³/mol. The molecule has 30 heavy (non-hydrogen) atoms. The van der Waals surface area contributed by atoms with E-state index in [0.717, 1.165) is 0 Å². The number of aliphatic hydroxyl groups excluding tert-OH is 1. The van der Waals surface area contributed by atoms with Crippen LogP contribution in [0.5, 0.6) is 5.75 Å². The summed E-state index contributed by atoms with van der Waals surface area (Å²) in [4.78, 5) is 27.2. The number of hydrogen-bond acceptors (Lipinski definition) is 5. The zero-order valence-electron chi connectivity index (χ0n) is 16.9. The number of rotatable bonds is 8. The number of benzene rings is 2. The molecule has 158 valence electrons. The number of likely N-dealkylation sites (tertiary alicyclic amines) is 1. The van der Waals surface area contributed by atoms with E-state index in [2.05, 4.69) is 0 Å². The zero-order chi connectivity index (χ0) is 21.7. The Morgan fingerprint density at radius 2 is 1.90 bits per heavy atom. The van der Waals surface area contributed by atoms with Crippen molar-refractivity contribution < 1.29 is 24.2 Å². The number of ether oxygens (including phenoxy) is 2. The molecule has 0 aromatic heterocycles. The molecule has 1 fully saturated rings. The average molecular weight is 430 g/mol. The molecule has 0 spiro atoms. The molecule has 0 saturated carbocycles. The van der Waals surface area contributed by atoms with Crippen LogP contribution in [0.1, 0.15) is 30.5 Å². The summed E-state index contributed by atoms with van der Waals surface area (Å²) >= 11 is 6.16. The minimum atomic E-state index is -0.730. The van der Waals surface area contributed by atoms with Crippen LogP contribution in [0.3, 0.4) is 0 Å². The Bertz CT molecular complexity index is 954. The first-order valence-corrected chi connectivity index (χ1v) is 10.1. The molecule has 1 heterocycles. The minimum Gasteiger partial charge on any atom is -0.507 e. The fourth-order valence-electron chi connectivity index (χ4n) is 3.54. The molecule has 1 amide bonds. The number of hydrogen-bond donors (Lipinski definition) is 1. The molecular weight excluding hydrogens is 406 g/mol. The van der Waals surface area contributed by atoms with E-state index < -0.39 is 17.7 Å². The van der Waals surface area contributed by atoms with Crippen molar-refractivity contribution in [3.63, 3.8) is 0 Å². The van der Waals surface area contributed by atoms with Gasteiger partial charge in [-0.3, -0.25) is 9.59 Å². The second-order valence-electron chi connectivity index (χ2n) is 6.85. The molecule has 0 bridgehead atoms. The van der Waals surface area contributed by atoms with E-state index in [0.29, 0.717) is 48.1 Å². The maximum absolute atomic E-state index is 12.9. The van der Waals surface area contributed by atoms with Crippen molar-refractivity contribution in [2.45, 2.75) is 19.4 Å². The van der Waals surface area contributed by atoms with Gasteiger partial charge in [-0.05, 0) is 55.3 Å². The van der Waals surface area contributed by atoms with Crippen LogP contribution in [0, 0.1) is 0 Å². The third-order valence-corrected chi connectivity index (χ3v) is 5.13. The summed E-state index contributed by atoms with van der Waals surface area (Å²) in [6.45, 7) is 3.16. The molecule has 0 aliphatic carbocycles. The first kappa shape index (κ1) is 21.9. The molecule has 1 atom stereocenters. The number of ketones is 1. The fraction of sp³-hybridized carbons (Fsp3) is 0.304. The SMILES string of the molecule is CCOc1ccc(/C(O)=C2\C(=O)C(=O)N(CCCOC)C2c2cccc(Cl)c2)cc1. The van der Waals surface area contributed by atoms with E-state index in [9.17, 15) is 14.7 Å². The van der Waals surface area contributed by atoms with Crippen molar-refractivity contribution in [2.24, 2.45) is 0 Å². The van der Waals surface area contributed by atoms with Crippen molar-refractivity contribution in [2.75, 3.05) is 26.9 Å². The smallest absolute Gasteiger partial charge is 0.295 e. The molecule has 1 N–H and O–H groups in total. The number of nitrogens with zero attached hydrogens (tertiary/aromatic N) is 1. The number of amides is 1. The third kappa shape index (κ3) is 4.50. The largest absolute Gasteiger partial charge is 0.507 e. The number of aliphatic hydroxyl groups is 1. The van der Waals surface area contributed by atoms with Gasteiger partial charge in [0.05, 0.1) is 18.2 Å². The first-order chi connectivity index (χ1) is 14.5. The predicted octanol–water partition coefficient (Wildman–Crippen LogP) is 4.20. The number of Topliss-reactive ketones (excluding diaryl/α,β-unsaturated/α-hetero) is 1. The molecule has 2 aromatic rings. The van der Waals surface area contributed by atoms with Crippen molar-refractivity contribution in [1.29, 1.82) is 0 Å². The monoisotopic (exact) mass is 429 g/mol. The molecule has 1 saturated heterocycles. The molecule has 1 aliphatic rings. The van der Waals surface area contributed by atoms with Gasteiger partial charge in [0.25, 0.3) is 11.7 Å². The fourth-order valence-corrected chi connectivity index (χ4v) is 3.74. The second-order valence-corrected chi connectivity index (χ2v) is 7.29. The average Bonchev–Trinajstić information content (AvgIpc) is 2.99. The first-order valence-electron chi connectivity index (χ1n) is 9.74. The Balaban J connectivity index is 2.07. The lowest BCUT2D eigenvalue weighted by Gasteiger charge is -2.25. The standard InChI is InChI=1S/C23H24ClNO5/c1-3-30-18-10-8-15(9-11-18)21(26)19-20(16-6-4-7-17(24)14-16)25(12-5-13-29-2)23(28)22(19)27/h4,6-11,14,20,26H,3,5,12-13H2,1-2H3/b21-19+. The minimum absolute atomic E-state index is 0.0452. The number of halogens is 1. The van der Waals surface area contributed by atoms with Crippen molar-refractivity contribution >= 4 is 29.1 Å². The van der Waals surface area contributed by atoms with Crippen molar-refractivity contribution in [3.05, 3.63) is 70.3 Å². The molecule has 1 aliphatic heterocycles. The Morgan fingerprint density at radius 3 is 2.53 bits per heavy atom. The molecule has 3 rings (SSSR count). The highest BCUT2D eigenvalue weighted by Gasteiger charge is 2.45. The summed E-state index contributed by atoms with van der Waals surface area (Å²) in [6.07, 6.45) is 0.559. The van der Waals surface area contributed by atoms with Crippen LogP contribution in [-0.2, 0) is 14.3 Å². The lowest BCUT2D eigenvalue weighted by atomic mass is 9.95. The Morgan fingerprint density at radius 1 is 1.17 bits per heavy atom. The highest BCUT2D eigenvalue weighted by molar-refractivity contribution is 6.46. The van der Waals surface area contributed by atoms with E-state index >= 15 is 0 Å². The van der Waals surface area contributed by atoms with Crippen LogP contribution in [0.25, 0.3) is 5.76 Å². The summed E-state index contributed by atoms with van der Waals surface area (Å²) < 4.78 is 10.5. The van der Waals surface area contributed by atoms with Crippen LogP contribution in [0.4, 0.5) is 0 Å². The van der Waals surface area contributed by atoms with Crippen LogP contribution in [0.2, 0.25) is 5.02 Å². The van der Waals surface area contributed by atoms with Gasteiger partial charge in [-0.2, -0.15) is 0 Å². The van der Waals surface area contributed by atoms with Gasteiger partial charge < -0.3 is 19.5 Å². The van der Waals surface area contributed by atoms with E-state index in [-0.39, 0.29) is 11.3 Å². The summed E-state index contributed by atoms with van der Waals surface area (Å²) in [7, 11) is 1.58. The lowest BCUT2D eigenvalue weighted by Crippen LogP contribution is -2.31. The van der Waals surface area contributed by atoms with Gasteiger partial charge in [0.15, 0.2) is 0 Å². The summed E-state index contributed by atoms with van der Waals surface area (Å²) in [6, 6.07) is 13.0. The van der Waals surface area contributed by atoms with Crippen molar-refractivity contribution in [1.82, 2.24) is 4.90 Å². The van der Waals surface area contributed by atoms with Gasteiger partial charge in [0, 0.05) is 30.8 Å². The Labute approximate surface area is 180 Å². The van der Waals surface area contributed by atoms with Gasteiger partial charge in [-0.1, -0.05) is 23.7 Å². The van der Waals surface area contributed by atoms with E-state index in [1.54, 1.807) is 55.6 Å². The molecule has 1 unspecified atom stereocenters. The van der Waals surface area contributed by atoms with E-state index in [1.165, 1.54) is 4.90 Å². The van der Waals surface area contributed by atoms with Gasteiger partial charge in [0.2, 0.25) is 0 Å². The summed E-state index contributed by atoms with van der Waals surface area (Å²) in [5.74, 6) is -0.941. The third-order valence-electron chi connectivity index (χ3n) is 4.89. The van der Waals surface area contributed by atoms with Crippen LogP contribution >= 0.6 is 11.6 Å². The summed E-state index contributed by atoms with van der Waals surface area (Å²) in [5, 5.41) is 11.5. The molecule has 6 nitrogen and oxygen atoms in total. The molecule has 0 radical (unpaired) electrons. The number of carbonyl (C=O) groups excluding carboxylic acids is 2. The van der Waals surface area contributed by atoms with Gasteiger partial charge in [0.1, 0.15) is 11.5 Å². The lowest BCUT2D eigenvalue weighted by molar-refractivity contribution is -0.140. The highest BCUT2D eigenvalue weighted by atomic mass is 35.5. The second kappa shape index (κ2) is 9.78. The van der Waals surface area contributed by atoms with Crippen LogP contribution in [0.15, 0.2) is 54.1 Å². The van der Waals surface area contributed by atoms with Gasteiger partial charge in [-0.25, -0.2) is 0 Å². The molecule has 2 aromatic carbocycles. The maximum atomic E-state index is 12.9. The molecular formula is C23H24ClNO5. The Hall–Kier alpha value is -2.83. The van der Waals surface area contributed by atoms with Crippen LogP contribution < -0.4 is 4.74 Å². The van der Waals surface area contributed by atoms with Crippen LogP contribution in [-0.4, -0.2) is 48.6 Å². The normalized spacial score (nSPS) is 18.1. The van der Waals surface area contributed by atoms with Gasteiger partial charge in [-0.15, -0.1) is 0 Å². The zero-order valence-corrected chi connectivity index (χ0v) is 17.7. The molecule has 7 heteroatoms. The number of methoxy groups -OCH3 is 1. The topological polar surface area (TPSA) is 76.1 Å². The van der Waals surface area contributed by atoms with E-state index in [4.69, 9.17) is 21.1 Å².